The van der Waals surface area contributed by atoms with Crippen LogP contribution in [0, 0.1) is 13.8 Å². The van der Waals surface area contributed by atoms with Gasteiger partial charge in [-0.1, -0.05) is 18.2 Å². The number of alkyl halides is 2. The molecule has 0 bridgehead atoms. The van der Waals surface area contributed by atoms with Gasteiger partial charge in [0.1, 0.15) is 0 Å². The van der Waals surface area contributed by atoms with E-state index in [2.05, 4.69) is 5.32 Å². The fourth-order valence-corrected chi connectivity index (χ4v) is 1.71. The molecule has 0 aromatic heterocycles. The van der Waals surface area contributed by atoms with Gasteiger partial charge in [-0.05, 0) is 44.0 Å². The van der Waals surface area contributed by atoms with E-state index in [0.717, 1.165) is 16.7 Å². The predicted molar refractivity (Wildman–Crippen MR) is 58.5 cm³/mol. The first-order valence-electron chi connectivity index (χ1n) is 5.06. The van der Waals surface area contributed by atoms with E-state index >= 15 is 0 Å². The van der Waals surface area contributed by atoms with Gasteiger partial charge in [0.15, 0.2) is 0 Å². The summed E-state index contributed by atoms with van der Waals surface area (Å²) in [5.74, 6) is 0. The first-order chi connectivity index (χ1) is 7.06. The second-order valence-corrected chi connectivity index (χ2v) is 3.80. The molecule has 0 fully saturated rings. The van der Waals surface area contributed by atoms with Crippen molar-refractivity contribution in [3.63, 3.8) is 0 Å². The monoisotopic (exact) mass is 213 g/mol. The molecule has 1 unspecified atom stereocenters. The van der Waals surface area contributed by atoms with Gasteiger partial charge in [-0.2, -0.15) is 0 Å². The van der Waals surface area contributed by atoms with Crippen molar-refractivity contribution in [3.05, 3.63) is 34.9 Å². The van der Waals surface area contributed by atoms with Gasteiger partial charge in [0.2, 0.25) is 0 Å². The topological polar surface area (TPSA) is 12.0 Å². The van der Waals surface area contributed by atoms with Crippen LogP contribution >= 0.6 is 0 Å². The maximum Gasteiger partial charge on any atom is 0.254 e. The summed E-state index contributed by atoms with van der Waals surface area (Å²) in [4.78, 5) is 0. The number of rotatable bonds is 4. The van der Waals surface area contributed by atoms with Crippen LogP contribution in [0.1, 0.15) is 16.7 Å². The number of hydrogen-bond acceptors (Lipinski definition) is 1. The molecule has 0 spiro atoms. The Balaban J connectivity index is 2.87. The van der Waals surface area contributed by atoms with Crippen LogP contribution in [0.15, 0.2) is 18.2 Å². The third kappa shape index (κ3) is 2.99. The number of likely N-dealkylation sites (N-methyl/N-ethyl adjacent to an activating group) is 1. The molecule has 0 saturated carbocycles. The van der Waals surface area contributed by atoms with Crippen molar-refractivity contribution in [3.8, 4) is 0 Å². The summed E-state index contributed by atoms with van der Waals surface area (Å²) in [5, 5.41) is 2.65. The van der Waals surface area contributed by atoms with E-state index in [-0.39, 0.29) is 0 Å². The first-order valence-corrected chi connectivity index (χ1v) is 5.06. The lowest BCUT2D eigenvalue weighted by Crippen LogP contribution is -2.35. The van der Waals surface area contributed by atoms with Gasteiger partial charge in [0, 0.05) is 0 Å². The van der Waals surface area contributed by atoms with Crippen LogP contribution in [-0.4, -0.2) is 19.5 Å². The largest absolute Gasteiger partial charge is 0.312 e. The molecule has 0 aliphatic carbocycles. The van der Waals surface area contributed by atoms with Crippen LogP contribution in [0.25, 0.3) is 0 Å². The summed E-state index contributed by atoms with van der Waals surface area (Å²) in [7, 11) is 1.57. The molecule has 0 saturated heterocycles. The molecular weight excluding hydrogens is 196 g/mol. The molecule has 1 aromatic rings. The average molecular weight is 213 g/mol. The molecule has 0 radical (unpaired) electrons. The molecular formula is C12H17F2N. The minimum atomic E-state index is -2.32. The minimum Gasteiger partial charge on any atom is -0.312 e. The van der Waals surface area contributed by atoms with E-state index in [9.17, 15) is 8.78 Å². The van der Waals surface area contributed by atoms with Gasteiger partial charge < -0.3 is 5.32 Å². The molecule has 0 aliphatic heterocycles. The molecule has 0 amide bonds. The summed E-state index contributed by atoms with van der Waals surface area (Å²) in [5.41, 5.74) is 3.18. The van der Waals surface area contributed by atoms with Crippen LogP contribution in [0.2, 0.25) is 0 Å². The third-order valence-electron chi connectivity index (χ3n) is 2.74. The van der Waals surface area contributed by atoms with Crippen molar-refractivity contribution in [1.29, 1.82) is 0 Å². The van der Waals surface area contributed by atoms with Crippen LogP contribution in [0.5, 0.6) is 0 Å². The number of benzene rings is 1. The number of aryl methyl sites for hydroxylation is 2. The standard InChI is InChI=1S/C12H17F2N/c1-8-5-4-6-9(2)10(8)7-11(15-3)12(13)14/h4-6,11-12,15H,7H2,1-3H3. The first kappa shape index (κ1) is 12.1. The van der Waals surface area contributed by atoms with E-state index in [1.165, 1.54) is 0 Å². The second-order valence-electron chi connectivity index (χ2n) is 3.80. The quantitative estimate of drug-likeness (QED) is 0.810. The molecule has 1 atom stereocenters. The average Bonchev–Trinajstić information content (AvgIpc) is 2.17. The molecule has 15 heavy (non-hydrogen) atoms. The van der Waals surface area contributed by atoms with Crippen molar-refractivity contribution in [2.45, 2.75) is 32.7 Å². The molecule has 3 heteroatoms. The Hall–Kier alpha value is -0.960. The zero-order chi connectivity index (χ0) is 11.4. The van der Waals surface area contributed by atoms with Crippen molar-refractivity contribution in [2.75, 3.05) is 7.05 Å². The van der Waals surface area contributed by atoms with Gasteiger partial charge in [-0.15, -0.1) is 0 Å². The van der Waals surface area contributed by atoms with Crippen molar-refractivity contribution >= 4 is 0 Å². The lowest BCUT2D eigenvalue weighted by atomic mass is 9.96. The zero-order valence-corrected chi connectivity index (χ0v) is 9.35. The highest BCUT2D eigenvalue weighted by molar-refractivity contribution is 5.34. The van der Waals surface area contributed by atoms with Crippen molar-refractivity contribution in [1.82, 2.24) is 5.32 Å². The molecule has 1 aromatic carbocycles. The van der Waals surface area contributed by atoms with Gasteiger partial charge in [0.25, 0.3) is 6.43 Å². The Morgan fingerprint density at radius 3 is 2.13 bits per heavy atom. The zero-order valence-electron chi connectivity index (χ0n) is 9.35. The third-order valence-corrected chi connectivity index (χ3v) is 2.74. The highest BCUT2D eigenvalue weighted by Gasteiger charge is 2.19. The normalized spacial score (nSPS) is 13.2. The Kier molecular flexibility index (Phi) is 4.21. The van der Waals surface area contributed by atoms with Crippen LogP contribution < -0.4 is 5.32 Å². The van der Waals surface area contributed by atoms with Crippen LogP contribution in [0.3, 0.4) is 0 Å². The SMILES string of the molecule is CNC(Cc1c(C)cccc1C)C(F)F. The number of hydrogen-bond donors (Lipinski definition) is 1. The van der Waals surface area contributed by atoms with Gasteiger partial charge in [0.05, 0.1) is 6.04 Å². The molecule has 1 N–H and O–H groups in total. The van der Waals surface area contributed by atoms with Gasteiger partial charge in [-0.25, -0.2) is 8.78 Å². The summed E-state index contributed by atoms with van der Waals surface area (Å²) < 4.78 is 25.2. The van der Waals surface area contributed by atoms with Crippen molar-refractivity contribution < 1.29 is 8.78 Å². The second kappa shape index (κ2) is 5.21. The smallest absolute Gasteiger partial charge is 0.254 e. The minimum absolute atomic E-state index is 0.382. The Morgan fingerprint density at radius 2 is 1.73 bits per heavy atom. The summed E-state index contributed by atoms with van der Waals surface area (Å²) in [6.07, 6.45) is -1.94. The highest BCUT2D eigenvalue weighted by Crippen LogP contribution is 2.17. The Morgan fingerprint density at radius 1 is 1.20 bits per heavy atom. The Labute approximate surface area is 89.5 Å². The summed E-state index contributed by atoms with van der Waals surface area (Å²) in [6, 6.07) is 5.11. The van der Waals surface area contributed by atoms with E-state index in [4.69, 9.17) is 0 Å². The predicted octanol–water partition coefficient (Wildman–Crippen LogP) is 2.70. The number of nitrogens with one attached hydrogen (secondary N) is 1. The maximum atomic E-state index is 12.6. The van der Waals surface area contributed by atoms with Crippen LogP contribution in [-0.2, 0) is 6.42 Å². The summed E-state index contributed by atoms with van der Waals surface area (Å²) in [6.45, 7) is 3.92. The van der Waals surface area contributed by atoms with Gasteiger partial charge >= 0.3 is 0 Å². The molecule has 0 heterocycles. The lowest BCUT2D eigenvalue weighted by Gasteiger charge is -2.18. The molecule has 0 aliphatic rings. The fraction of sp³-hybridized carbons (Fsp3) is 0.500. The Bertz CT molecular complexity index is 303. The van der Waals surface area contributed by atoms with Crippen LogP contribution in [0.4, 0.5) is 8.78 Å². The lowest BCUT2D eigenvalue weighted by molar-refractivity contribution is 0.102. The van der Waals surface area contributed by atoms with E-state index in [1.54, 1.807) is 7.05 Å². The maximum absolute atomic E-state index is 12.6. The van der Waals surface area contributed by atoms with Crippen molar-refractivity contribution in [2.24, 2.45) is 0 Å². The molecule has 1 rings (SSSR count). The number of halogens is 2. The van der Waals surface area contributed by atoms with E-state index < -0.39 is 12.5 Å². The molecule has 84 valence electrons. The highest BCUT2D eigenvalue weighted by atomic mass is 19.3. The van der Waals surface area contributed by atoms with E-state index in [1.807, 2.05) is 32.0 Å². The van der Waals surface area contributed by atoms with Gasteiger partial charge in [-0.3, -0.25) is 0 Å². The van der Waals surface area contributed by atoms with E-state index in [0.29, 0.717) is 6.42 Å². The fourth-order valence-electron chi connectivity index (χ4n) is 1.71. The summed E-state index contributed by atoms with van der Waals surface area (Å²) >= 11 is 0. The molecule has 1 nitrogen and oxygen atoms in total.